The third-order valence-electron chi connectivity index (χ3n) is 12.6. The van der Waals surface area contributed by atoms with Crippen LogP contribution in [-0.4, -0.2) is 148 Å². The molecule has 25 heteroatoms. The van der Waals surface area contributed by atoms with Gasteiger partial charge >= 0.3 is 12.2 Å². The predicted molar refractivity (Wildman–Crippen MR) is 228 cm³/mol. The van der Waals surface area contributed by atoms with E-state index in [4.69, 9.17) is 9.47 Å². The van der Waals surface area contributed by atoms with Gasteiger partial charge in [-0.2, -0.15) is 28.2 Å². The highest BCUT2D eigenvalue weighted by Crippen LogP contribution is 2.39. The number of nitrogens with one attached hydrogen (secondary N) is 3. The minimum absolute atomic E-state index is 0.00472. The number of urea groups is 1. The van der Waals surface area contributed by atoms with Gasteiger partial charge in [0.25, 0.3) is 12.3 Å². The molecule has 1 aromatic carbocycles. The average molecular weight is 946 g/mol. The van der Waals surface area contributed by atoms with Crippen molar-refractivity contribution in [1.82, 2.24) is 44.9 Å². The third kappa shape index (κ3) is 10.6. The van der Waals surface area contributed by atoms with Crippen LogP contribution >= 0.6 is 0 Å². The molecule has 19 nitrogen and oxygen atoms in total. The van der Waals surface area contributed by atoms with Crippen LogP contribution in [0.2, 0.25) is 0 Å². The zero-order valence-electron chi connectivity index (χ0n) is 36.5. The Labute approximate surface area is 379 Å². The highest BCUT2D eigenvalue weighted by atomic mass is 19.4. The zero-order chi connectivity index (χ0) is 47.6. The molecule has 0 unspecified atom stereocenters. The van der Waals surface area contributed by atoms with E-state index in [9.17, 15) is 41.1 Å². The van der Waals surface area contributed by atoms with Gasteiger partial charge < -0.3 is 29.9 Å². The van der Waals surface area contributed by atoms with Crippen molar-refractivity contribution in [1.29, 1.82) is 0 Å². The summed E-state index contributed by atoms with van der Waals surface area (Å²) in [5.41, 5.74) is -0.403. The Balaban J connectivity index is 0.853. The molecule has 8 rings (SSSR count). The second-order valence-corrected chi connectivity index (χ2v) is 16.8. The van der Waals surface area contributed by atoms with Gasteiger partial charge in [-0.05, 0) is 44.2 Å². The molecule has 67 heavy (non-hydrogen) atoms. The number of carbonyl (C=O) groups is 4. The Morgan fingerprint density at radius 3 is 2.45 bits per heavy atom. The fourth-order valence-electron chi connectivity index (χ4n) is 9.30. The molecule has 0 spiro atoms. The fourth-order valence-corrected chi connectivity index (χ4v) is 9.30. The summed E-state index contributed by atoms with van der Waals surface area (Å²) < 4.78 is 94.7. The van der Waals surface area contributed by atoms with Gasteiger partial charge in [0.1, 0.15) is 23.8 Å². The quantitative estimate of drug-likeness (QED) is 0.146. The van der Waals surface area contributed by atoms with Gasteiger partial charge in [-0.25, -0.2) is 22.9 Å². The molecule has 3 N–H and O–H groups in total. The van der Waals surface area contributed by atoms with Gasteiger partial charge in [0, 0.05) is 89.1 Å². The minimum Gasteiger partial charge on any atom is -0.494 e. The van der Waals surface area contributed by atoms with Gasteiger partial charge in [0.05, 0.1) is 49.3 Å². The first-order chi connectivity index (χ1) is 32.1. The highest BCUT2D eigenvalue weighted by Gasteiger charge is 2.40. The number of methoxy groups -OCH3 is 2. The molecule has 0 bridgehead atoms. The topological polar surface area (TPSA) is 197 Å². The summed E-state index contributed by atoms with van der Waals surface area (Å²) in [6.45, 7) is 1.46. The average Bonchev–Trinajstić information content (AvgIpc) is 4.10. The lowest BCUT2D eigenvalue weighted by Crippen LogP contribution is -2.60. The van der Waals surface area contributed by atoms with Crippen LogP contribution in [0.3, 0.4) is 0 Å². The van der Waals surface area contributed by atoms with Crippen LogP contribution in [0.1, 0.15) is 67.2 Å². The summed E-state index contributed by atoms with van der Waals surface area (Å²) in [6.07, 6.45) is -0.552. The lowest BCUT2D eigenvalue weighted by molar-refractivity contribution is -0.139. The molecule has 1 aliphatic carbocycles. The molecular weight excluding hydrogens is 897 g/mol. The number of imide groups is 1. The first kappa shape index (κ1) is 47.0. The number of ether oxygens (including phenoxy) is 2. The van der Waals surface area contributed by atoms with E-state index in [1.54, 1.807) is 13.2 Å². The normalized spacial score (nSPS) is 21.8. The van der Waals surface area contributed by atoms with Crippen LogP contribution < -0.4 is 30.5 Å². The number of pyridine rings is 1. The van der Waals surface area contributed by atoms with Gasteiger partial charge in [-0.1, -0.05) is 0 Å². The molecule has 4 aromatic rings. The fraction of sp³-hybridized carbons (Fsp3) is 0.524. The second-order valence-electron chi connectivity index (χ2n) is 16.8. The van der Waals surface area contributed by atoms with E-state index < -0.39 is 48.5 Å². The summed E-state index contributed by atoms with van der Waals surface area (Å²) in [4.78, 5) is 63.4. The molecule has 5 amide bonds. The van der Waals surface area contributed by atoms with Gasteiger partial charge in [-0.3, -0.25) is 34.2 Å². The summed E-state index contributed by atoms with van der Waals surface area (Å²) in [6, 6.07) is 4.67. The van der Waals surface area contributed by atoms with Gasteiger partial charge in [0.15, 0.2) is 17.2 Å². The summed E-state index contributed by atoms with van der Waals surface area (Å²) in [5, 5.41) is 19.1. The van der Waals surface area contributed by atoms with E-state index >= 15 is 4.39 Å². The van der Waals surface area contributed by atoms with E-state index in [-0.39, 0.29) is 77.2 Å². The smallest absolute Gasteiger partial charge is 0.405 e. The first-order valence-corrected chi connectivity index (χ1v) is 21.7. The molecule has 4 aliphatic rings. The maximum absolute atomic E-state index is 15.6. The number of nitrogens with zero attached hydrogens (tertiary/aromatic N) is 10. The summed E-state index contributed by atoms with van der Waals surface area (Å²) in [7, 11) is 2.98. The number of anilines is 4. The maximum Gasteiger partial charge on any atom is 0.405 e. The van der Waals surface area contributed by atoms with Crippen LogP contribution in [0, 0.1) is 11.7 Å². The van der Waals surface area contributed by atoms with Crippen molar-refractivity contribution < 1.29 is 55.0 Å². The number of aromatic nitrogens is 6. The number of alkyl halides is 5. The van der Waals surface area contributed by atoms with Crippen molar-refractivity contribution in [2.24, 2.45) is 5.92 Å². The van der Waals surface area contributed by atoms with Crippen molar-refractivity contribution in [2.45, 2.75) is 69.3 Å². The van der Waals surface area contributed by atoms with Crippen LogP contribution in [0.4, 0.5) is 54.0 Å². The van der Waals surface area contributed by atoms with E-state index in [1.165, 1.54) is 42.4 Å². The molecule has 4 fully saturated rings. The Bertz CT molecular complexity index is 2460. The van der Waals surface area contributed by atoms with Crippen LogP contribution in [-0.2, 0) is 14.3 Å². The number of benzene rings is 1. The number of hydrogen-bond acceptors (Lipinski definition) is 13. The first-order valence-electron chi connectivity index (χ1n) is 21.7. The van der Waals surface area contributed by atoms with E-state index in [1.807, 2.05) is 9.80 Å². The van der Waals surface area contributed by atoms with Gasteiger partial charge in [-0.15, -0.1) is 5.10 Å². The van der Waals surface area contributed by atoms with Crippen LogP contribution in [0.25, 0.3) is 5.69 Å². The number of rotatable bonds is 14. The molecule has 3 aliphatic heterocycles. The summed E-state index contributed by atoms with van der Waals surface area (Å²) >= 11 is 0. The number of halogens is 6. The Kier molecular flexibility index (Phi) is 13.9. The molecule has 360 valence electrons. The van der Waals surface area contributed by atoms with Crippen LogP contribution in [0.5, 0.6) is 5.75 Å². The maximum atomic E-state index is 15.6. The molecule has 6 heterocycles. The number of piperazine rings is 1. The SMILES string of the molecule is COC[C@@H]1CN(C(=O)[C@@H]2CCN(c3cc(F)c(N4CCC(=O)NC4=O)c(OC)c3)C2)CCN1C1CCC(n2cc(NC(=O)c3cnn(-c4ccnc(NCC(F)(F)F)c4)n3)c(C(F)F)n2)CC1. The minimum atomic E-state index is -4.47. The predicted octanol–water partition coefficient (Wildman–Crippen LogP) is 4.79. The van der Waals surface area contributed by atoms with Gasteiger partial charge in [0.2, 0.25) is 11.8 Å². The molecule has 3 saturated heterocycles. The summed E-state index contributed by atoms with van der Waals surface area (Å²) in [5.74, 6) is -2.29. The third-order valence-corrected chi connectivity index (χ3v) is 12.6. The van der Waals surface area contributed by atoms with E-state index in [2.05, 4.69) is 41.1 Å². The standard InChI is InChI=1S/C42H49F6N13O6/c1-66-22-29-20-57(40(64)24-8-11-56(19-24)28-15-30(43)37(33(16-28)67-2)59-12-9-35(62)53-41(59)65)13-14-58(29)25-3-5-26(6-4-25)60-21-32(36(55-60)38(44)45)52-39(63)31-18-51-61(54-31)27-7-10-49-34(17-27)50-23-42(46,47)48/h7,10,15-18,21,24-26,29,38H,3-6,8-9,11-14,19-20,22-23H2,1-2H3,(H,49,50)(H,52,63)(H,53,62,65)/t24-,25?,26?,29+/m1/s1. The van der Waals surface area contributed by atoms with Crippen molar-refractivity contribution in [3.8, 4) is 11.4 Å². The van der Waals surface area contributed by atoms with Crippen molar-refractivity contribution in [2.75, 3.05) is 87.1 Å². The number of amides is 5. The molecular formula is C42H49F6N13O6. The Morgan fingerprint density at radius 2 is 1.73 bits per heavy atom. The molecule has 2 atom stereocenters. The number of hydrogen-bond donors (Lipinski definition) is 3. The molecule has 3 aromatic heterocycles. The van der Waals surface area contributed by atoms with Crippen molar-refractivity contribution in [3.63, 3.8) is 0 Å². The Morgan fingerprint density at radius 1 is 0.955 bits per heavy atom. The van der Waals surface area contributed by atoms with Crippen molar-refractivity contribution >= 4 is 46.6 Å². The lowest BCUT2D eigenvalue weighted by atomic mass is 9.89. The zero-order valence-corrected chi connectivity index (χ0v) is 36.5. The molecule has 0 radical (unpaired) electrons. The largest absolute Gasteiger partial charge is 0.494 e. The Hall–Kier alpha value is -6.50. The van der Waals surface area contributed by atoms with E-state index in [0.717, 1.165) is 15.9 Å². The van der Waals surface area contributed by atoms with Crippen LogP contribution in [0.15, 0.2) is 42.9 Å². The number of carbonyl (C=O) groups excluding carboxylic acids is 4. The highest BCUT2D eigenvalue weighted by molar-refractivity contribution is 6.06. The van der Waals surface area contributed by atoms with E-state index in [0.29, 0.717) is 77.1 Å². The monoisotopic (exact) mass is 945 g/mol. The second kappa shape index (κ2) is 19.8. The van der Waals surface area contributed by atoms with Crippen molar-refractivity contribution in [3.05, 3.63) is 60.1 Å². The molecule has 1 saturated carbocycles. The lowest BCUT2D eigenvalue weighted by Gasteiger charge is -2.47.